The van der Waals surface area contributed by atoms with Crippen LogP contribution in [0.15, 0.2) is 48.5 Å². The Bertz CT molecular complexity index is 545. The Labute approximate surface area is 110 Å². The first-order valence-corrected chi connectivity index (χ1v) is 6.01. The second-order valence-corrected chi connectivity index (χ2v) is 4.37. The van der Waals surface area contributed by atoms with Crippen molar-refractivity contribution >= 4 is 0 Å². The predicted octanol–water partition coefficient (Wildman–Crippen LogP) is 2.74. The molecule has 0 saturated carbocycles. The number of nitrogens with two attached hydrogens (primary N) is 1. The van der Waals surface area contributed by atoms with E-state index in [4.69, 9.17) is 5.73 Å². The Morgan fingerprint density at radius 2 is 1.63 bits per heavy atom. The lowest BCUT2D eigenvalue weighted by Crippen LogP contribution is -2.20. The van der Waals surface area contributed by atoms with Gasteiger partial charge in [0.2, 0.25) is 0 Å². The summed E-state index contributed by atoms with van der Waals surface area (Å²) in [5.74, 6) is -2.26. The number of halogens is 2. The zero-order valence-corrected chi connectivity index (χ0v) is 10.3. The van der Waals surface area contributed by atoms with Crippen molar-refractivity contribution in [2.45, 2.75) is 12.0 Å². The molecule has 0 aliphatic heterocycles. The number of hydrogen-bond donors (Lipinski definition) is 2. The quantitative estimate of drug-likeness (QED) is 0.891. The fourth-order valence-corrected chi connectivity index (χ4v) is 2.08. The third-order valence-corrected chi connectivity index (χ3v) is 3.15. The molecule has 0 amide bonds. The van der Waals surface area contributed by atoms with E-state index in [2.05, 4.69) is 0 Å². The van der Waals surface area contributed by atoms with Crippen molar-refractivity contribution in [2.75, 3.05) is 6.54 Å². The van der Waals surface area contributed by atoms with Gasteiger partial charge in [-0.15, -0.1) is 0 Å². The van der Waals surface area contributed by atoms with Crippen LogP contribution in [0.2, 0.25) is 0 Å². The average molecular weight is 263 g/mol. The van der Waals surface area contributed by atoms with Crippen molar-refractivity contribution < 1.29 is 13.9 Å². The first-order chi connectivity index (χ1) is 9.13. The van der Waals surface area contributed by atoms with Gasteiger partial charge in [-0.05, 0) is 23.3 Å². The van der Waals surface area contributed by atoms with Gasteiger partial charge in [0, 0.05) is 12.5 Å². The third-order valence-electron chi connectivity index (χ3n) is 3.15. The van der Waals surface area contributed by atoms with Crippen LogP contribution in [0.5, 0.6) is 0 Å². The molecule has 4 heteroatoms. The molecule has 2 aromatic carbocycles. The minimum atomic E-state index is -0.972. The molecule has 0 bridgehead atoms. The summed E-state index contributed by atoms with van der Waals surface area (Å²) in [6.45, 7) is 0.212. The summed E-state index contributed by atoms with van der Waals surface area (Å²) in [6.07, 6.45) is -0.970. The van der Waals surface area contributed by atoms with E-state index in [0.29, 0.717) is 5.56 Å². The van der Waals surface area contributed by atoms with Crippen molar-refractivity contribution in [3.8, 4) is 0 Å². The fraction of sp³-hybridized carbons (Fsp3) is 0.200. The maximum Gasteiger partial charge on any atom is 0.159 e. The summed E-state index contributed by atoms with van der Waals surface area (Å²) in [5, 5.41) is 10.3. The summed E-state index contributed by atoms with van der Waals surface area (Å²) in [7, 11) is 0. The number of rotatable bonds is 4. The lowest BCUT2D eigenvalue weighted by atomic mass is 9.89. The molecule has 0 aliphatic carbocycles. The smallest absolute Gasteiger partial charge is 0.159 e. The van der Waals surface area contributed by atoms with Crippen molar-refractivity contribution in [3.63, 3.8) is 0 Å². The first kappa shape index (κ1) is 13.6. The van der Waals surface area contributed by atoms with Crippen molar-refractivity contribution in [3.05, 3.63) is 71.3 Å². The number of aliphatic hydroxyl groups is 1. The van der Waals surface area contributed by atoms with Crippen LogP contribution in [0.3, 0.4) is 0 Å². The van der Waals surface area contributed by atoms with Crippen LogP contribution < -0.4 is 5.73 Å². The van der Waals surface area contributed by atoms with Gasteiger partial charge in [0.05, 0.1) is 6.10 Å². The zero-order valence-electron chi connectivity index (χ0n) is 10.3. The minimum Gasteiger partial charge on any atom is -0.388 e. The molecule has 0 aliphatic rings. The first-order valence-electron chi connectivity index (χ1n) is 6.01. The molecule has 2 rings (SSSR count). The van der Waals surface area contributed by atoms with E-state index in [1.807, 2.05) is 30.3 Å². The van der Waals surface area contributed by atoms with Gasteiger partial charge < -0.3 is 10.8 Å². The van der Waals surface area contributed by atoms with E-state index in [9.17, 15) is 13.9 Å². The van der Waals surface area contributed by atoms with Crippen LogP contribution in [0.4, 0.5) is 8.78 Å². The molecule has 2 nitrogen and oxygen atoms in total. The third kappa shape index (κ3) is 2.97. The van der Waals surface area contributed by atoms with Crippen molar-refractivity contribution in [1.29, 1.82) is 0 Å². The fourth-order valence-electron chi connectivity index (χ4n) is 2.08. The number of hydrogen-bond acceptors (Lipinski definition) is 2. The van der Waals surface area contributed by atoms with Crippen LogP contribution in [0.1, 0.15) is 23.1 Å². The van der Waals surface area contributed by atoms with Crippen LogP contribution in [0.25, 0.3) is 0 Å². The molecule has 2 aromatic rings. The molecular weight excluding hydrogens is 248 g/mol. The van der Waals surface area contributed by atoms with Gasteiger partial charge in [-0.1, -0.05) is 36.4 Å². The van der Waals surface area contributed by atoms with Crippen molar-refractivity contribution in [2.24, 2.45) is 5.73 Å². The predicted molar refractivity (Wildman–Crippen MR) is 69.6 cm³/mol. The Balaban J connectivity index is 2.30. The molecule has 0 radical (unpaired) electrons. The van der Waals surface area contributed by atoms with E-state index in [1.54, 1.807) is 0 Å². The molecule has 0 saturated heterocycles. The highest BCUT2D eigenvalue weighted by Crippen LogP contribution is 2.30. The van der Waals surface area contributed by atoms with E-state index in [-0.39, 0.29) is 12.5 Å². The highest BCUT2D eigenvalue weighted by atomic mass is 19.2. The van der Waals surface area contributed by atoms with Crippen LogP contribution >= 0.6 is 0 Å². The molecule has 100 valence electrons. The molecular formula is C15H15F2NO. The SMILES string of the molecule is NCC(c1ccccc1)C(O)c1ccc(F)c(F)c1. The summed E-state index contributed by atoms with van der Waals surface area (Å²) < 4.78 is 26.1. The van der Waals surface area contributed by atoms with Gasteiger partial charge >= 0.3 is 0 Å². The van der Waals surface area contributed by atoms with Gasteiger partial charge in [0.25, 0.3) is 0 Å². The number of aliphatic hydroxyl groups excluding tert-OH is 1. The minimum absolute atomic E-state index is 0.212. The van der Waals surface area contributed by atoms with Gasteiger partial charge in [-0.2, -0.15) is 0 Å². The Kier molecular flexibility index (Phi) is 4.24. The van der Waals surface area contributed by atoms with Crippen LogP contribution in [-0.2, 0) is 0 Å². The van der Waals surface area contributed by atoms with Gasteiger partial charge in [0.1, 0.15) is 0 Å². The lowest BCUT2D eigenvalue weighted by molar-refractivity contribution is 0.147. The second-order valence-electron chi connectivity index (χ2n) is 4.37. The summed E-state index contributed by atoms with van der Waals surface area (Å²) in [5.41, 5.74) is 6.86. The lowest BCUT2D eigenvalue weighted by Gasteiger charge is -2.22. The maximum absolute atomic E-state index is 13.2. The largest absolute Gasteiger partial charge is 0.388 e. The standard InChI is InChI=1S/C15H15F2NO/c16-13-7-6-11(8-14(13)17)15(19)12(9-18)10-4-2-1-3-5-10/h1-8,12,15,19H,9,18H2. The molecule has 19 heavy (non-hydrogen) atoms. The van der Waals surface area contributed by atoms with E-state index in [1.165, 1.54) is 6.07 Å². The van der Waals surface area contributed by atoms with Gasteiger partial charge in [-0.25, -0.2) is 8.78 Å². The maximum atomic E-state index is 13.2. The topological polar surface area (TPSA) is 46.2 Å². The zero-order chi connectivity index (χ0) is 13.8. The molecule has 0 fully saturated rings. The molecule has 2 unspecified atom stereocenters. The molecule has 0 heterocycles. The van der Waals surface area contributed by atoms with E-state index >= 15 is 0 Å². The van der Waals surface area contributed by atoms with Gasteiger partial charge in [0.15, 0.2) is 11.6 Å². The van der Waals surface area contributed by atoms with E-state index in [0.717, 1.165) is 17.7 Å². The van der Waals surface area contributed by atoms with E-state index < -0.39 is 17.7 Å². The van der Waals surface area contributed by atoms with Gasteiger partial charge in [-0.3, -0.25) is 0 Å². The molecule has 2 atom stereocenters. The molecule has 0 aromatic heterocycles. The Morgan fingerprint density at radius 3 is 2.21 bits per heavy atom. The average Bonchev–Trinajstić information content (AvgIpc) is 2.44. The Hall–Kier alpha value is -1.78. The highest BCUT2D eigenvalue weighted by molar-refractivity contribution is 5.27. The summed E-state index contributed by atoms with van der Waals surface area (Å²) in [6, 6.07) is 12.6. The molecule has 3 N–H and O–H groups in total. The second kappa shape index (κ2) is 5.91. The highest BCUT2D eigenvalue weighted by Gasteiger charge is 2.22. The molecule has 0 spiro atoms. The van der Waals surface area contributed by atoms with Crippen LogP contribution in [-0.4, -0.2) is 11.7 Å². The summed E-state index contributed by atoms with van der Waals surface area (Å²) in [4.78, 5) is 0. The summed E-state index contributed by atoms with van der Waals surface area (Å²) >= 11 is 0. The van der Waals surface area contributed by atoms with Crippen LogP contribution in [0, 0.1) is 11.6 Å². The monoisotopic (exact) mass is 263 g/mol. The normalized spacial score (nSPS) is 14.1. The number of benzene rings is 2. The van der Waals surface area contributed by atoms with Crippen molar-refractivity contribution in [1.82, 2.24) is 0 Å². The Morgan fingerprint density at radius 1 is 0.947 bits per heavy atom.